The van der Waals surface area contributed by atoms with Crippen LogP contribution < -0.4 is 5.69 Å². The van der Waals surface area contributed by atoms with Crippen LogP contribution >= 0.6 is 15.9 Å². The van der Waals surface area contributed by atoms with Crippen LogP contribution in [-0.4, -0.2) is 9.55 Å². The highest BCUT2D eigenvalue weighted by Gasteiger charge is 2.05. The second-order valence-electron chi connectivity index (χ2n) is 2.87. The molecule has 0 fully saturated rings. The van der Waals surface area contributed by atoms with Gasteiger partial charge in [-0.05, 0) is 24.3 Å². The number of hydrogen-bond acceptors (Lipinski definition) is 2. The van der Waals surface area contributed by atoms with Crippen LogP contribution in [0.1, 0.15) is 0 Å². The Balaban J connectivity index is 2.65. The maximum atomic E-state index is 13.5. The zero-order valence-corrected chi connectivity index (χ0v) is 9.11. The van der Waals surface area contributed by atoms with E-state index in [9.17, 15) is 9.18 Å². The van der Waals surface area contributed by atoms with Gasteiger partial charge in [0.1, 0.15) is 5.82 Å². The van der Waals surface area contributed by atoms with Crippen molar-refractivity contribution in [1.29, 1.82) is 0 Å². The third kappa shape index (κ3) is 1.97. The molecule has 0 spiro atoms. The van der Waals surface area contributed by atoms with Gasteiger partial charge in [0.05, 0.1) is 5.69 Å². The Bertz CT molecular complexity index is 553. The molecular formula is C10H6BrFN2O. The van der Waals surface area contributed by atoms with Crippen molar-refractivity contribution in [3.05, 3.63) is 57.4 Å². The highest BCUT2D eigenvalue weighted by molar-refractivity contribution is 9.10. The second-order valence-corrected chi connectivity index (χ2v) is 3.78. The Hall–Kier alpha value is -1.49. The van der Waals surface area contributed by atoms with Crippen molar-refractivity contribution in [3.8, 4) is 5.69 Å². The van der Waals surface area contributed by atoms with Gasteiger partial charge >= 0.3 is 5.69 Å². The summed E-state index contributed by atoms with van der Waals surface area (Å²) in [5, 5.41) is 0. The molecule has 76 valence electrons. The summed E-state index contributed by atoms with van der Waals surface area (Å²) < 4.78 is 15.3. The number of nitrogens with zero attached hydrogens (tertiary/aromatic N) is 2. The Morgan fingerprint density at radius 3 is 2.87 bits per heavy atom. The summed E-state index contributed by atoms with van der Waals surface area (Å²) >= 11 is 3.14. The Morgan fingerprint density at radius 1 is 1.40 bits per heavy atom. The number of hydrogen-bond donors (Lipinski definition) is 0. The first kappa shape index (κ1) is 10.0. The molecule has 1 aromatic heterocycles. The maximum Gasteiger partial charge on any atom is 0.352 e. The molecule has 0 bridgehead atoms. The quantitative estimate of drug-likeness (QED) is 0.794. The van der Waals surface area contributed by atoms with E-state index >= 15 is 0 Å². The Labute approximate surface area is 93.3 Å². The molecule has 0 saturated heterocycles. The van der Waals surface area contributed by atoms with Gasteiger partial charge < -0.3 is 0 Å². The number of benzene rings is 1. The molecule has 0 saturated carbocycles. The van der Waals surface area contributed by atoms with Crippen molar-refractivity contribution < 1.29 is 4.39 Å². The van der Waals surface area contributed by atoms with Crippen molar-refractivity contribution in [2.24, 2.45) is 0 Å². The van der Waals surface area contributed by atoms with Crippen LogP contribution in [0.15, 0.2) is 45.9 Å². The zero-order chi connectivity index (χ0) is 10.8. The fourth-order valence-electron chi connectivity index (χ4n) is 1.22. The van der Waals surface area contributed by atoms with E-state index in [2.05, 4.69) is 20.9 Å². The van der Waals surface area contributed by atoms with E-state index < -0.39 is 11.5 Å². The van der Waals surface area contributed by atoms with Gasteiger partial charge in [0.2, 0.25) is 0 Å². The van der Waals surface area contributed by atoms with Gasteiger partial charge in [-0.3, -0.25) is 4.57 Å². The van der Waals surface area contributed by atoms with E-state index in [1.807, 2.05) is 0 Å². The van der Waals surface area contributed by atoms with E-state index in [4.69, 9.17) is 0 Å². The third-order valence-corrected chi connectivity index (χ3v) is 2.37. The molecule has 3 nitrogen and oxygen atoms in total. The molecule has 1 aromatic carbocycles. The van der Waals surface area contributed by atoms with E-state index in [0.717, 1.165) is 4.57 Å². The monoisotopic (exact) mass is 268 g/mol. The van der Waals surface area contributed by atoms with Crippen LogP contribution in [0, 0.1) is 5.82 Å². The molecule has 2 rings (SSSR count). The van der Waals surface area contributed by atoms with Crippen molar-refractivity contribution in [3.63, 3.8) is 0 Å². The summed E-state index contributed by atoms with van der Waals surface area (Å²) in [5.74, 6) is -0.473. The summed E-state index contributed by atoms with van der Waals surface area (Å²) in [6.45, 7) is 0. The lowest BCUT2D eigenvalue weighted by Gasteiger charge is -2.05. The van der Waals surface area contributed by atoms with E-state index in [1.54, 1.807) is 12.1 Å². The molecule has 2 aromatic rings. The second kappa shape index (κ2) is 3.94. The minimum absolute atomic E-state index is 0.191. The normalized spacial score (nSPS) is 10.3. The molecule has 0 N–H and O–H groups in total. The molecule has 1 heterocycles. The molecule has 0 unspecified atom stereocenters. The summed E-state index contributed by atoms with van der Waals surface area (Å²) in [5.41, 5.74) is -0.310. The lowest BCUT2D eigenvalue weighted by Crippen LogP contribution is -2.20. The third-order valence-electron chi connectivity index (χ3n) is 1.88. The smallest absolute Gasteiger partial charge is 0.265 e. The van der Waals surface area contributed by atoms with Gasteiger partial charge in [0.15, 0.2) is 0 Å². The van der Waals surface area contributed by atoms with Crippen LogP contribution in [0.2, 0.25) is 0 Å². The molecular weight excluding hydrogens is 263 g/mol. The van der Waals surface area contributed by atoms with Crippen LogP contribution in [0.5, 0.6) is 0 Å². The van der Waals surface area contributed by atoms with Gasteiger partial charge in [-0.15, -0.1) is 0 Å². The Kier molecular flexibility index (Phi) is 2.64. The van der Waals surface area contributed by atoms with Crippen LogP contribution in [0.25, 0.3) is 5.69 Å². The van der Waals surface area contributed by atoms with Gasteiger partial charge in [-0.1, -0.05) is 15.9 Å². The highest BCUT2D eigenvalue weighted by atomic mass is 79.9. The first-order valence-corrected chi connectivity index (χ1v) is 4.97. The minimum Gasteiger partial charge on any atom is -0.265 e. The van der Waals surface area contributed by atoms with Gasteiger partial charge in [-0.25, -0.2) is 14.2 Å². The largest absolute Gasteiger partial charge is 0.352 e. The Morgan fingerprint density at radius 2 is 2.20 bits per heavy atom. The number of aromatic nitrogens is 2. The molecule has 5 heteroatoms. The molecule has 0 aliphatic rings. The van der Waals surface area contributed by atoms with Crippen molar-refractivity contribution >= 4 is 15.9 Å². The lowest BCUT2D eigenvalue weighted by molar-refractivity contribution is 0.613. The lowest BCUT2D eigenvalue weighted by atomic mass is 10.3. The zero-order valence-electron chi connectivity index (χ0n) is 7.52. The molecule has 0 aliphatic heterocycles. The average molecular weight is 269 g/mol. The summed E-state index contributed by atoms with van der Waals surface area (Å²) in [4.78, 5) is 14.9. The van der Waals surface area contributed by atoms with Crippen LogP contribution in [-0.2, 0) is 0 Å². The van der Waals surface area contributed by atoms with Gasteiger partial charge in [0.25, 0.3) is 0 Å². The summed E-state index contributed by atoms with van der Waals surface area (Å²) in [7, 11) is 0. The fraction of sp³-hybridized carbons (Fsp3) is 0. The van der Waals surface area contributed by atoms with Crippen molar-refractivity contribution in [1.82, 2.24) is 9.55 Å². The summed E-state index contributed by atoms with van der Waals surface area (Å²) in [6, 6.07) is 6.05. The first-order valence-electron chi connectivity index (χ1n) is 4.17. The summed E-state index contributed by atoms with van der Waals surface area (Å²) in [6.07, 6.45) is 2.84. The van der Waals surface area contributed by atoms with Gasteiger partial charge in [-0.2, -0.15) is 0 Å². The maximum absolute atomic E-state index is 13.5. The van der Waals surface area contributed by atoms with E-state index in [0.29, 0.717) is 4.47 Å². The molecule has 0 atom stereocenters. The van der Waals surface area contributed by atoms with Gasteiger partial charge in [0, 0.05) is 16.9 Å². The molecule has 0 radical (unpaired) electrons. The molecule has 0 aliphatic carbocycles. The number of rotatable bonds is 1. The van der Waals surface area contributed by atoms with Crippen LogP contribution in [0.4, 0.5) is 4.39 Å². The minimum atomic E-state index is -0.501. The average Bonchev–Trinajstić information content (AvgIpc) is 2.20. The van der Waals surface area contributed by atoms with Crippen molar-refractivity contribution in [2.45, 2.75) is 0 Å². The van der Waals surface area contributed by atoms with E-state index in [-0.39, 0.29) is 5.69 Å². The predicted molar refractivity (Wildman–Crippen MR) is 57.5 cm³/mol. The van der Waals surface area contributed by atoms with Crippen LogP contribution in [0.3, 0.4) is 0 Å². The predicted octanol–water partition coefficient (Wildman–Crippen LogP) is 2.13. The molecule has 15 heavy (non-hydrogen) atoms. The van der Waals surface area contributed by atoms with Crippen molar-refractivity contribution in [2.75, 3.05) is 0 Å². The first-order chi connectivity index (χ1) is 7.18. The topological polar surface area (TPSA) is 34.9 Å². The SMILES string of the molecule is O=c1ncccn1-c1ccc(Br)cc1F. The fourth-order valence-corrected chi connectivity index (χ4v) is 1.55. The standard InChI is InChI=1S/C10H6BrFN2O/c11-7-2-3-9(8(12)6-7)14-5-1-4-13-10(14)15/h1-6H. The highest BCUT2D eigenvalue weighted by Crippen LogP contribution is 2.17. The van der Waals surface area contributed by atoms with E-state index in [1.165, 1.54) is 24.5 Å². The molecule has 0 amide bonds. The number of halogens is 2.